The van der Waals surface area contributed by atoms with Crippen molar-refractivity contribution in [1.29, 1.82) is 0 Å². The molecule has 190 valence electrons. The first-order chi connectivity index (χ1) is 17.3. The van der Waals surface area contributed by atoms with Crippen molar-refractivity contribution in [2.45, 2.75) is 39.2 Å². The molecule has 0 spiro atoms. The average molecular weight is 489 g/mol. The maximum absolute atomic E-state index is 13.3. The predicted molar refractivity (Wildman–Crippen MR) is 140 cm³/mol. The molecule has 1 saturated heterocycles. The van der Waals surface area contributed by atoms with Crippen molar-refractivity contribution in [1.82, 2.24) is 19.6 Å². The van der Waals surface area contributed by atoms with Crippen molar-refractivity contribution in [3.05, 3.63) is 82.7 Å². The van der Waals surface area contributed by atoms with Crippen LogP contribution in [0.2, 0.25) is 0 Å². The third-order valence-electron chi connectivity index (χ3n) is 7.54. The van der Waals surface area contributed by atoms with Gasteiger partial charge in [0.2, 0.25) is 0 Å². The van der Waals surface area contributed by atoms with Gasteiger partial charge < -0.3 is 14.5 Å². The lowest BCUT2D eigenvalue weighted by atomic mass is 9.84. The topological polar surface area (TPSA) is 67.7 Å². The van der Waals surface area contributed by atoms with E-state index in [-0.39, 0.29) is 23.8 Å². The average Bonchev–Trinajstić information content (AvgIpc) is 3.34. The second-order valence-corrected chi connectivity index (χ2v) is 9.79. The lowest BCUT2D eigenvalue weighted by Crippen LogP contribution is -2.48. The van der Waals surface area contributed by atoms with Crippen LogP contribution in [0.5, 0.6) is 5.75 Å². The monoisotopic (exact) mass is 488 g/mol. The number of carbonyl (C=O) groups is 2. The van der Waals surface area contributed by atoms with Crippen LogP contribution in [0, 0.1) is 19.8 Å². The molecular formula is C29H36N4O3. The predicted octanol–water partition coefficient (Wildman–Crippen LogP) is 4.28. The van der Waals surface area contributed by atoms with E-state index in [4.69, 9.17) is 4.74 Å². The first kappa shape index (κ1) is 25.5. The number of benzene rings is 2. The van der Waals surface area contributed by atoms with Crippen molar-refractivity contribution in [3.8, 4) is 5.75 Å². The molecule has 4 rings (SSSR count). The number of rotatable bonds is 7. The number of likely N-dealkylation sites (N-methyl/N-ethyl adjacent to an activating group) is 1. The summed E-state index contributed by atoms with van der Waals surface area (Å²) < 4.78 is 7.07. The largest absolute Gasteiger partial charge is 0.497 e. The summed E-state index contributed by atoms with van der Waals surface area (Å²) in [5.41, 5.74) is 4.51. The molecule has 0 radical (unpaired) electrons. The smallest absolute Gasteiger partial charge is 0.274 e. The fourth-order valence-electron chi connectivity index (χ4n) is 5.16. The van der Waals surface area contributed by atoms with Crippen LogP contribution in [0.1, 0.15) is 50.4 Å². The minimum atomic E-state index is -0.0858. The molecule has 2 heterocycles. The van der Waals surface area contributed by atoms with Crippen LogP contribution in [-0.4, -0.2) is 64.7 Å². The molecular weight excluding hydrogens is 452 g/mol. The van der Waals surface area contributed by atoms with Crippen molar-refractivity contribution in [2.75, 3.05) is 27.2 Å². The zero-order valence-corrected chi connectivity index (χ0v) is 21.9. The number of hydrogen-bond acceptors (Lipinski definition) is 4. The Morgan fingerprint density at radius 3 is 2.50 bits per heavy atom. The Kier molecular flexibility index (Phi) is 7.77. The summed E-state index contributed by atoms with van der Waals surface area (Å²) in [6, 6.07) is 15.7. The molecule has 2 aromatic carbocycles. The van der Waals surface area contributed by atoms with Crippen LogP contribution in [-0.2, 0) is 13.5 Å². The summed E-state index contributed by atoms with van der Waals surface area (Å²) in [5.74, 6) is 1.07. The van der Waals surface area contributed by atoms with Gasteiger partial charge in [0.25, 0.3) is 11.8 Å². The van der Waals surface area contributed by atoms with Gasteiger partial charge in [-0.15, -0.1) is 0 Å². The van der Waals surface area contributed by atoms with Crippen molar-refractivity contribution < 1.29 is 14.3 Å². The quantitative estimate of drug-likeness (QED) is 0.498. The van der Waals surface area contributed by atoms with Crippen molar-refractivity contribution in [3.63, 3.8) is 0 Å². The van der Waals surface area contributed by atoms with E-state index < -0.39 is 0 Å². The number of likely N-dealkylation sites (tertiary alicyclic amines) is 1. The number of piperidine rings is 1. The normalized spacial score (nSPS) is 15.0. The van der Waals surface area contributed by atoms with E-state index in [0.29, 0.717) is 25.2 Å². The highest BCUT2D eigenvalue weighted by atomic mass is 16.5. The maximum atomic E-state index is 13.3. The van der Waals surface area contributed by atoms with E-state index in [9.17, 15) is 9.59 Å². The Bertz CT molecular complexity index is 1230. The van der Waals surface area contributed by atoms with E-state index in [1.54, 1.807) is 24.1 Å². The van der Waals surface area contributed by atoms with Gasteiger partial charge in [-0.25, -0.2) is 0 Å². The minimum Gasteiger partial charge on any atom is -0.497 e. The number of aryl methyl sites for hydroxylation is 2. The Morgan fingerprint density at radius 2 is 1.83 bits per heavy atom. The molecule has 7 nitrogen and oxygen atoms in total. The second kappa shape index (κ2) is 11.0. The zero-order valence-electron chi connectivity index (χ0n) is 21.9. The molecule has 0 bridgehead atoms. The molecule has 1 aliphatic rings. The summed E-state index contributed by atoms with van der Waals surface area (Å²) in [5, 5.41) is 4.33. The summed E-state index contributed by atoms with van der Waals surface area (Å²) in [6.45, 7) is 5.40. The number of amides is 2. The number of hydrogen-bond donors (Lipinski definition) is 0. The van der Waals surface area contributed by atoms with Gasteiger partial charge in [-0.1, -0.05) is 24.3 Å². The number of nitrogens with zero attached hydrogens (tertiary/aromatic N) is 4. The van der Waals surface area contributed by atoms with E-state index in [1.807, 2.05) is 74.1 Å². The summed E-state index contributed by atoms with van der Waals surface area (Å²) in [6.07, 6.45) is 4.17. The van der Waals surface area contributed by atoms with Crippen LogP contribution in [0.25, 0.3) is 0 Å². The van der Waals surface area contributed by atoms with E-state index in [2.05, 4.69) is 11.2 Å². The Morgan fingerprint density at radius 1 is 1.11 bits per heavy atom. The Balaban J connectivity index is 1.53. The van der Waals surface area contributed by atoms with E-state index in [1.165, 1.54) is 0 Å². The number of ether oxygens (including phenoxy) is 1. The molecule has 0 aliphatic carbocycles. The fourth-order valence-corrected chi connectivity index (χ4v) is 5.16. The van der Waals surface area contributed by atoms with Crippen LogP contribution < -0.4 is 4.74 Å². The zero-order chi connectivity index (χ0) is 25.8. The van der Waals surface area contributed by atoms with E-state index in [0.717, 1.165) is 40.8 Å². The third kappa shape index (κ3) is 5.45. The maximum Gasteiger partial charge on any atom is 0.274 e. The molecule has 3 aromatic rings. The first-order valence-electron chi connectivity index (χ1n) is 12.5. The molecule has 0 unspecified atom stereocenters. The molecule has 0 saturated carbocycles. The van der Waals surface area contributed by atoms with Gasteiger partial charge in [-0.05, 0) is 80.0 Å². The first-order valence-corrected chi connectivity index (χ1v) is 12.5. The van der Waals surface area contributed by atoms with Crippen molar-refractivity contribution >= 4 is 11.8 Å². The summed E-state index contributed by atoms with van der Waals surface area (Å²) in [7, 11) is 5.35. The van der Waals surface area contributed by atoms with E-state index >= 15 is 0 Å². The lowest BCUT2D eigenvalue weighted by molar-refractivity contribution is 0.0518. The van der Waals surface area contributed by atoms with Crippen LogP contribution >= 0.6 is 0 Å². The molecule has 2 amide bonds. The highest BCUT2D eigenvalue weighted by Crippen LogP contribution is 2.29. The number of methoxy groups -OCH3 is 1. The number of aromatic nitrogens is 2. The van der Waals surface area contributed by atoms with Gasteiger partial charge >= 0.3 is 0 Å². The third-order valence-corrected chi connectivity index (χ3v) is 7.54. The van der Waals surface area contributed by atoms with Gasteiger partial charge in [-0.3, -0.25) is 14.3 Å². The summed E-state index contributed by atoms with van der Waals surface area (Å²) in [4.78, 5) is 30.4. The van der Waals surface area contributed by atoms with Crippen molar-refractivity contribution in [2.24, 2.45) is 13.0 Å². The molecule has 1 fully saturated rings. The van der Waals surface area contributed by atoms with Gasteiger partial charge in [-0.2, -0.15) is 5.10 Å². The molecule has 1 aliphatic heterocycles. The molecule has 1 atom stereocenters. The lowest BCUT2D eigenvalue weighted by Gasteiger charge is -2.40. The Labute approximate surface area is 213 Å². The van der Waals surface area contributed by atoms with Gasteiger partial charge in [0.1, 0.15) is 11.4 Å². The highest BCUT2D eigenvalue weighted by Gasteiger charge is 2.34. The molecule has 7 heteroatoms. The highest BCUT2D eigenvalue weighted by molar-refractivity contribution is 5.96. The van der Waals surface area contributed by atoms with Crippen LogP contribution in [0.4, 0.5) is 0 Å². The van der Waals surface area contributed by atoms with Crippen LogP contribution in [0.15, 0.2) is 54.7 Å². The SMILES string of the molecule is COc1cccc(C[C@@H](C2CCN(C(=O)c3cccc(C)c3C)CC2)N(C)C(=O)c2ccn(C)n2)c1. The molecule has 0 N–H and O–H groups in total. The van der Waals surface area contributed by atoms with Crippen LogP contribution in [0.3, 0.4) is 0 Å². The second-order valence-electron chi connectivity index (χ2n) is 9.79. The Hall–Kier alpha value is -3.61. The number of carbonyl (C=O) groups excluding carboxylic acids is 2. The van der Waals surface area contributed by atoms with Gasteiger partial charge in [0.15, 0.2) is 0 Å². The molecule has 36 heavy (non-hydrogen) atoms. The standard InChI is InChI=1S/C29H36N4O3/c1-20-8-6-11-25(21(20)2)28(34)33-16-12-23(13-17-33)27(19-22-9-7-10-24(18-22)36-5)32(4)29(35)26-14-15-31(3)30-26/h6-11,14-15,18,23,27H,12-13,16-17,19H2,1-5H3/t27-/m0/s1. The summed E-state index contributed by atoms with van der Waals surface area (Å²) >= 11 is 0. The fraction of sp³-hybridized carbons (Fsp3) is 0.414. The molecule has 1 aromatic heterocycles. The minimum absolute atomic E-state index is 0.0235. The van der Waals surface area contributed by atoms with Gasteiger partial charge in [0, 0.05) is 45.0 Å². The van der Waals surface area contributed by atoms with Gasteiger partial charge in [0.05, 0.1) is 7.11 Å².